The zero-order valence-corrected chi connectivity index (χ0v) is 14.4. The minimum absolute atomic E-state index is 0.151. The fourth-order valence-corrected chi connectivity index (χ4v) is 3.28. The van der Waals surface area contributed by atoms with E-state index in [-0.39, 0.29) is 17.5 Å². The van der Waals surface area contributed by atoms with Crippen LogP contribution in [0.4, 0.5) is 0 Å². The number of nitrogens with zero attached hydrogens (tertiary/aromatic N) is 1. The summed E-state index contributed by atoms with van der Waals surface area (Å²) in [6.07, 6.45) is 7.18. The maximum Gasteiger partial charge on any atom is 0.262 e. The summed E-state index contributed by atoms with van der Waals surface area (Å²) in [6, 6.07) is 13.9. The zero-order chi connectivity index (χ0) is 17.6. The number of hydrogen-bond donors (Lipinski definition) is 1. The first-order valence-electron chi connectivity index (χ1n) is 8.70. The van der Waals surface area contributed by atoms with Crippen LogP contribution in [-0.2, 0) is 4.79 Å². The number of ether oxygens (including phenoxy) is 1. The number of benzene rings is 2. The molecule has 25 heavy (non-hydrogen) atoms. The molecule has 0 unspecified atom stereocenters. The Morgan fingerprint density at radius 2 is 1.88 bits per heavy atom. The summed E-state index contributed by atoms with van der Waals surface area (Å²) in [5, 5.41) is 14.5. The van der Waals surface area contributed by atoms with Crippen molar-refractivity contribution in [2.24, 2.45) is 0 Å². The number of methoxy groups -OCH3 is 1. The van der Waals surface area contributed by atoms with E-state index in [2.05, 4.69) is 5.32 Å². The zero-order valence-electron chi connectivity index (χ0n) is 14.4. The lowest BCUT2D eigenvalue weighted by Crippen LogP contribution is -2.36. The van der Waals surface area contributed by atoms with Gasteiger partial charge in [0.25, 0.3) is 5.91 Å². The highest BCUT2D eigenvalue weighted by atomic mass is 16.5. The number of carbonyl (C=O) groups excluding carboxylic acids is 1. The summed E-state index contributed by atoms with van der Waals surface area (Å²) in [5.74, 6) is 0.532. The summed E-state index contributed by atoms with van der Waals surface area (Å²) in [4.78, 5) is 12.4. The highest BCUT2D eigenvalue weighted by Gasteiger charge is 2.18. The Morgan fingerprint density at radius 1 is 1.16 bits per heavy atom. The predicted molar refractivity (Wildman–Crippen MR) is 99.1 cm³/mol. The second-order valence-corrected chi connectivity index (χ2v) is 6.45. The van der Waals surface area contributed by atoms with E-state index in [0.717, 1.165) is 47.8 Å². The van der Waals surface area contributed by atoms with Crippen LogP contribution in [0.25, 0.3) is 16.8 Å². The van der Waals surface area contributed by atoms with Crippen LogP contribution in [0, 0.1) is 11.3 Å². The number of carbonyl (C=O) groups is 1. The molecule has 1 amide bonds. The summed E-state index contributed by atoms with van der Waals surface area (Å²) >= 11 is 0. The molecule has 0 aromatic heterocycles. The van der Waals surface area contributed by atoms with E-state index in [1.165, 1.54) is 6.42 Å². The Hall–Kier alpha value is -2.80. The average molecular weight is 334 g/mol. The van der Waals surface area contributed by atoms with Gasteiger partial charge in [0, 0.05) is 6.04 Å². The van der Waals surface area contributed by atoms with Crippen LogP contribution < -0.4 is 10.1 Å². The van der Waals surface area contributed by atoms with Crippen molar-refractivity contribution in [3.63, 3.8) is 0 Å². The monoisotopic (exact) mass is 334 g/mol. The molecule has 0 spiro atoms. The van der Waals surface area contributed by atoms with Crippen LogP contribution in [0.3, 0.4) is 0 Å². The van der Waals surface area contributed by atoms with Crippen LogP contribution in [-0.4, -0.2) is 19.1 Å². The number of nitriles is 1. The van der Waals surface area contributed by atoms with Crippen molar-refractivity contribution in [2.45, 2.75) is 38.1 Å². The van der Waals surface area contributed by atoms with Gasteiger partial charge in [0.15, 0.2) is 0 Å². The van der Waals surface area contributed by atoms with E-state index in [1.807, 2.05) is 42.5 Å². The average Bonchev–Trinajstić information content (AvgIpc) is 2.66. The van der Waals surface area contributed by atoms with E-state index >= 15 is 0 Å². The van der Waals surface area contributed by atoms with Crippen LogP contribution in [0.5, 0.6) is 5.75 Å². The minimum Gasteiger partial charge on any atom is -0.497 e. The third kappa shape index (κ3) is 4.19. The Morgan fingerprint density at radius 3 is 2.60 bits per heavy atom. The van der Waals surface area contributed by atoms with E-state index in [9.17, 15) is 10.1 Å². The third-order valence-corrected chi connectivity index (χ3v) is 4.69. The van der Waals surface area contributed by atoms with Crippen LogP contribution in [0.2, 0.25) is 0 Å². The van der Waals surface area contributed by atoms with Crippen LogP contribution >= 0.6 is 0 Å². The van der Waals surface area contributed by atoms with Crippen LogP contribution in [0.1, 0.15) is 37.7 Å². The lowest BCUT2D eigenvalue weighted by atomic mass is 9.95. The SMILES string of the molecule is COc1ccc2cc(/C=C(\C#N)C(=O)NC3CCCCC3)ccc2c1. The molecule has 1 saturated carbocycles. The molecule has 2 aromatic carbocycles. The summed E-state index contributed by atoms with van der Waals surface area (Å²) < 4.78 is 5.23. The first-order chi connectivity index (χ1) is 12.2. The van der Waals surface area contributed by atoms with Gasteiger partial charge in [0.1, 0.15) is 17.4 Å². The van der Waals surface area contributed by atoms with Gasteiger partial charge in [0.2, 0.25) is 0 Å². The molecule has 3 rings (SSSR count). The number of rotatable bonds is 4. The minimum atomic E-state index is -0.274. The van der Waals surface area contributed by atoms with E-state index < -0.39 is 0 Å². The lowest BCUT2D eigenvalue weighted by Gasteiger charge is -2.22. The first-order valence-corrected chi connectivity index (χ1v) is 8.70. The molecule has 1 N–H and O–H groups in total. The molecular formula is C21H22N2O2. The third-order valence-electron chi connectivity index (χ3n) is 4.69. The van der Waals surface area contributed by atoms with Gasteiger partial charge in [-0.05, 0) is 53.5 Å². The van der Waals surface area contributed by atoms with Gasteiger partial charge in [-0.3, -0.25) is 4.79 Å². The molecule has 1 aliphatic carbocycles. The molecule has 0 heterocycles. The molecule has 4 nitrogen and oxygen atoms in total. The predicted octanol–water partition coefficient (Wildman–Crippen LogP) is 4.20. The summed E-state index contributed by atoms with van der Waals surface area (Å²) in [7, 11) is 1.64. The molecule has 0 aliphatic heterocycles. The van der Waals surface area contributed by atoms with Crippen molar-refractivity contribution in [2.75, 3.05) is 7.11 Å². The molecular weight excluding hydrogens is 312 g/mol. The first kappa shape index (κ1) is 17.0. The van der Waals surface area contributed by atoms with Gasteiger partial charge in [-0.15, -0.1) is 0 Å². The normalized spacial score (nSPS) is 15.6. The van der Waals surface area contributed by atoms with Gasteiger partial charge in [-0.1, -0.05) is 37.5 Å². The summed E-state index contributed by atoms with van der Waals surface area (Å²) in [5.41, 5.74) is 0.992. The highest BCUT2D eigenvalue weighted by molar-refractivity contribution is 6.02. The second kappa shape index (κ2) is 7.85. The van der Waals surface area contributed by atoms with E-state index in [4.69, 9.17) is 4.74 Å². The van der Waals surface area contributed by atoms with Crippen LogP contribution in [0.15, 0.2) is 42.0 Å². The van der Waals surface area contributed by atoms with Gasteiger partial charge >= 0.3 is 0 Å². The molecule has 1 aliphatic rings. The molecule has 2 aromatic rings. The number of nitrogens with one attached hydrogen (secondary N) is 1. The van der Waals surface area contributed by atoms with Crippen molar-refractivity contribution < 1.29 is 9.53 Å². The lowest BCUT2D eigenvalue weighted by molar-refractivity contribution is -0.117. The quantitative estimate of drug-likeness (QED) is 0.673. The molecule has 0 bridgehead atoms. The Labute approximate surface area is 148 Å². The summed E-state index contributed by atoms with van der Waals surface area (Å²) in [6.45, 7) is 0. The highest BCUT2D eigenvalue weighted by Crippen LogP contribution is 2.23. The molecule has 0 atom stereocenters. The maximum atomic E-state index is 12.4. The maximum absolute atomic E-state index is 12.4. The van der Waals surface area contributed by atoms with Crippen molar-refractivity contribution in [3.05, 3.63) is 47.5 Å². The van der Waals surface area contributed by atoms with Gasteiger partial charge in [-0.25, -0.2) is 0 Å². The van der Waals surface area contributed by atoms with E-state index in [1.54, 1.807) is 13.2 Å². The molecule has 0 saturated heterocycles. The van der Waals surface area contributed by atoms with Crippen molar-refractivity contribution >= 4 is 22.8 Å². The number of amides is 1. The topological polar surface area (TPSA) is 62.1 Å². The fraction of sp³-hybridized carbons (Fsp3) is 0.333. The Balaban J connectivity index is 1.80. The van der Waals surface area contributed by atoms with Gasteiger partial charge in [0.05, 0.1) is 7.11 Å². The second-order valence-electron chi connectivity index (χ2n) is 6.45. The Bertz CT molecular complexity index is 843. The number of fused-ring (bicyclic) bond motifs is 1. The number of hydrogen-bond acceptors (Lipinski definition) is 3. The van der Waals surface area contributed by atoms with Gasteiger partial charge < -0.3 is 10.1 Å². The molecule has 1 fully saturated rings. The molecule has 4 heteroatoms. The van der Waals surface area contributed by atoms with Crippen molar-refractivity contribution in [1.29, 1.82) is 5.26 Å². The smallest absolute Gasteiger partial charge is 0.262 e. The molecule has 0 radical (unpaired) electrons. The van der Waals surface area contributed by atoms with Crippen molar-refractivity contribution in [3.8, 4) is 11.8 Å². The standard InChI is InChI=1S/C21H22N2O2/c1-25-20-10-9-16-11-15(7-8-17(16)13-20)12-18(14-22)21(24)23-19-5-3-2-4-6-19/h7-13,19H,2-6H2,1H3,(H,23,24)/b18-12+. The van der Waals surface area contributed by atoms with E-state index in [0.29, 0.717) is 0 Å². The largest absolute Gasteiger partial charge is 0.497 e. The fourth-order valence-electron chi connectivity index (χ4n) is 3.28. The Kier molecular flexibility index (Phi) is 5.35. The molecule has 128 valence electrons. The van der Waals surface area contributed by atoms with Crippen molar-refractivity contribution in [1.82, 2.24) is 5.32 Å². The van der Waals surface area contributed by atoms with Gasteiger partial charge in [-0.2, -0.15) is 5.26 Å².